The van der Waals surface area contributed by atoms with Crippen molar-refractivity contribution in [2.45, 2.75) is 13.0 Å². The molecule has 0 unspecified atom stereocenters. The molecule has 1 aromatic heterocycles. The highest BCUT2D eigenvalue weighted by atomic mass is 16.5. The summed E-state index contributed by atoms with van der Waals surface area (Å²) in [6, 6.07) is 5.15. The van der Waals surface area contributed by atoms with Gasteiger partial charge in [-0.3, -0.25) is 4.79 Å². The number of nitrogens with zero attached hydrogens (tertiary/aromatic N) is 2. The smallest absolute Gasteiger partial charge is 0.260 e. The summed E-state index contributed by atoms with van der Waals surface area (Å²) in [6.45, 7) is 9.51. The van der Waals surface area contributed by atoms with E-state index >= 15 is 0 Å². The quantitative estimate of drug-likeness (QED) is 0.680. The number of amides is 1. The molecule has 27 heavy (non-hydrogen) atoms. The summed E-state index contributed by atoms with van der Waals surface area (Å²) in [4.78, 5) is 14.7. The number of hydrogen-bond acceptors (Lipinski definition) is 6. The third-order valence-corrected chi connectivity index (χ3v) is 3.95. The van der Waals surface area contributed by atoms with Gasteiger partial charge >= 0.3 is 0 Å². The number of aliphatic hydroxyl groups is 1. The van der Waals surface area contributed by atoms with Gasteiger partial charge in [0.2, 0.25) is 0 Å². The first-order valence-electron chi connectivity index (χ1n) is 8.39. The Labute approximate surface area is 158 Å². The molecule has 1 aromatic carbocycles. The van der Waals surface area contributed by atoms with Crippen LogP contribution in [0.4, 0.5) is 0 Å². The van der Waals surface area contributed by atoms with Gasteiger partial charge in [-0.25, -0.2) is 0 Å². The van der Waals surface area contributed by atoms with Gasteiger partial charge in [0.05, 0.1) is 14.2 Å². The summed E-state index contributed by atoms with van der Waals surface area (Å²) in [7, 11) is 3.06. The molecule has 0 radical (unpaired) electrons. The van der Waals surface area contributed by atoms with Crippen LogP contribution in [0, 0.1) is 0 Å². The molecule has 0 aliphatic rings. The second-order valence-corrected chi connectivity index (χ2v) is 5.80. The van der Waals surface area contributed by atoms with E-state index in [9.17, 15) is 9.90 Å². The highest BCUT2D eigenvalue weighted by Gasteiger charge is 2.29. The van der Waals surface area contributed by atoms with E-state index in [2.05, 4.69) is 18.3 Å². The van der Waals surface area contributed by atoms with E-state index in [1.54, 1.807) is 30.4 Å². The molecule has 0 spiro atoms. The highest BCUT2D eigenvalue weighted by Crippen LogP contribution is 2.35. The minimum Gasteiger partial charge on any atom is -0.493 e. The third kappa shape index (κ3) is 4.20. The fraction of sp³-hybridized carbons (Fsp3) is 0.300. The number of benzene rings is 1. The SMILES string of the molecule is C=CCN(CC=C)C(=O)c1c(-c2ccc(OC)c(OC)c2)noc1[C@H](C)O. The van der Waals surface area contributed by atoms with E-state index in [4.69, 9.17) is 14.0 Å². The van der Waals surface area contributed by atoms with Crippen LogP contribution >= 0.6 is 0 Å². The molecule has 7 nitrogen and oxygen atoms in total. The summed E-state index contributed by atoms with van der Waals surface area (Å²) in [5, 5.41) is 14.1. The Morgan fingerprint density at radius 1 is 1.26 bits per heavy atom. The second kappa shape index (κ2) is 9.05. The van der Waals surface area contributed by atoms with Gasteiger partial charge in [0.25, 0.3) is 5.91 Å². The molecular formula is C20H24N2O5. The maximum Gasteiger partial charge on any atom is 0.260 e. The van der Waals surface area contributed by atoms with Crippen molar-refractivity contribution in [3.05, 3.63) is 54.8 Å². The first kappa shape index (κ1) is 20.3. The Kier molecular flexibility index (Phi) is 6.79. The average molecular weight is 372 g/mol. The van der Waals surface area contributed by atoms with E-state index in [0.29, 0.717) is 35.8 Å². The average Bonchev–Trinajstić information content (AvgIpc) is 3.12. The lowest BCUT2D eigenvalue weighted by molar-refractivity contribution is 0.0779. The van der Waals surface area contributed by atoms with Crippen molar-refractivity contribution >= 4 is 5.91 Å². The van der Waals surface area contributed by atoms with Gasteiger partial charge in [0.1, 0.15) is 17.4 Å². The van der Waals surface area contributed by atoms with E-state index in [-0.39, 0.29) is 17.2 Å². The van der Waals surface area contributed by atoms with Gasteiger partial charge in [0.15, 0.2) is 17.3 Å². The minimum absolute atomic E-state index is 0.0999. The van der Waals surface area contributed by atoms with E-state index in [0.717, 1.165) is 0 Å². The van der Waals surface area contributed by atoms with Crippen LogP contribution in [0.25, 0.3) is 11.3 Å². The Morgan fingerprint density at radius 2 is 1.89 bits per heavy atom. The van der Waals surface area contributed by atoms with Crippen LogP contribution in [0.15, 0.2) is 48.0 Å². The monoisotopic (exact) mass is 372 g/mol. The predicted octanol–water partition coefficient (Wildman–Crippen LogP) is 3.23. The van der Waals surface area contributed by atoms with Gasteiger partial charge in [0, 0.05) is 18.7 Å². The standard InChI is InChI=1S/C20H24N2O5/c1-6-10-22(11-7-2)20(24)17-18(21-27-19(17)13(3)23)14-8-9-15(25-4)16(12-14)26-5/h6-9,12-13,23H,1-2,10-11H2,3-5H3/t13-/m0/s1. The maximum atomic E-state index is 13.1. The number of aliphatic hydroxyl groups excluding tert-OH is 1. The summed E-state index contributed by atoms with van der Waals surface area (Å²) in [6.07, 6.45) is 2.24. The molecule has 0 aliphatic carbocycles. The fourth-order valence-corrected chi connectivity index (χ4v) is 2.69. The van der Waals surface area contributed by atoms with Crippen LogP contribution in [0.3, 0.4) is 0 Å². The van der Waals surface area contributed by atoms with Crippen molar-refractivity contribution in [3.63, 3.8) is 0 Å². The predicted molar refractivity (Wildman–Crippen MR) is 102 cm³/mol. The summed E-state index contributed by atoms with van der Waals surface area (Å²) in [5.41, 5.74) is 1.11. The van der Waals surface area contributed by atoms with Crippen LogP contribution in [-0.2, 0) is 0 Å². The fourth-order valence-electron chi connectivity index (χ4n) is 2.69. The lowest BCUT2D eigenvalue weighted by Gasteiger charge is -2.20. The number of methoxy groups -OCH3 is 2. The van der Waals surface area contributed by atoms with Crippen molar-refractivity contribution in [3.8, 4) is 22.8 Å². The normalized spacial score (nSPS) is 11.6. The zero-order chi connectivity index (χ0) is 20.0. The maximum absolute atomic E-state index is 13.1. The molecule has 2 rings (SSSR count). The molecule has 7 heteroatoms. The van der Waals surface area contributed by atoms with E-state index < -0.39 is 6.10 Å². The summed E-state index contributed by atoms with van der Waals surface area (Å²) >= 11 is 0. The molecule has 0 aliphatic heterocycles. The molecule has 2 aromatic rings. The topological polar surface area (TPSA) is 85.0 Å². The number of hydrogen-bond donors (Lipinski definition) is 1. The molecule has 1 amide bonds. The molecule has 0 fully saturated rings. The molecule has 0 saturated carbocycles. The summed E-state index contributed by atoms with van der Waals surface area (Å²) in [5.74, 6) is 0.803. The first-order chi connectivity index (χ1) is 13.0. The first-order valence-corrected chi connectivity index (χ1v) is 8.39. The van der Waals surface area contributed by atoms with Crippen molar-refractivity contribution in [1.29, 1.82) is 0 Å². The number of aromatic nitrogens is 1. The van der Waals surface area contributed by atoms with Gasteiger partial charge < -0.3 is 24.0 Å². The van der Waals surface area contributed by atoms with Gasteiger partial charge in [-0.05, 0) is 25.1 Å². The third-order valence-electron chi connectivity index (χ3n) is 3.95. The van der Waals surface area contributed by atoms with Crippen LogP contribution in [-0.4, -0.2) is 48.4 Å². The zero-order valence-corrected chi connectivity index (χ0v) is 15.8. The molecule has 1 atom stereocenters. The Morgan fingerprint density at radius 3 is 2.41 bits per heavy atom. The second-order valence-electron chi connectivity index (χ2n) is 5.80. The Hall–Kier alpha value is -3.06. The van der Waals surface area contributed by atoms with Crippen LogP contribution in [0.1, 0.15) is 29.1 Å². The molecule has 144 valence electrons. The van der Waals surface area contributed by atoms with Crippen molar-refractivity contribution in [2.24, 2.45) is 0 Å². The molecule has 0 bridgehead atoms. The molecular weight excluding hydrogens is 348 g/mol. The van der Waals surface area contributed by atoms with Gasteiger partial charge in [-0.1, -0.05) is 17.3 Å². The number of carbonyl (C=O) groups is 1. The number of carbonyl (C=O) groups excluding carboxylic acids is 1. The van der Waals surface area contributed by atoms with Crippen LogP contribution in [0.2, 0.25) is 0 Å². The summed E-state index contributed by atoms with van der Waals surface area (Å²) < 4.78 is 15.9. The lowest BCUT2D eigenvalue weighted by Crippen LogP contribution is -2.32. The molecule has 1 N–H and O–H groups in total. The lowest BCUT2D eigenvalue weighted by atomic mass is 10.0. The Balaban J connectivity index is 2.60. The van der Waals surface area contributed by atoms with E-state index in [1.165, 1.54) is 26.0 Å². The number of rotatable bonds is 9. The van der Waals surface area contributed by atoms with Gasteiger partial charge in [-0.15, -0.1) is 13.2 Å². The van der Waals surface area contributed by atoms with Crippen molar-refractivity contribution in [2.75, 3.05) is 27.3 Å². The minimum atomic E-state index is -1.00. The Bertz CT molecular complexity index is 816. The highest BCUT2D eigenvalue weighted by molar-refractivity contribution is 6.01. The largest absolute Gasteiger partial charge is 0.493 e. The number of ether oxygens (including phenoxy) is 2. The molecule has 0 saturated heterocycles. The zero-order valence-electron chi connectivity index (χ0n) is 15.8. The van der Waals surface area contributed by atoms with Crippen molar-refractivity contribution in [1.82, 2.24) is 10.1 Å². The van der Waals surface area contributed by atoms with E-state index in [1.807, 2.05) is 0 Å². The molecule has 1 heterocycles. The van der Waals surface area contributed by atoms with Crippen LogP contribution < -0.4 is 9.47 Å². The van der Waals surface area contributed by atoms with Gasteiger partial charge in [-0.2, -0.15) is 0 Å². The van der Waals surface area contributed by atoms with Crippen LogP contribution in [0.5, 0.6) is 11.5 Å². The van der Waals surface area contributed by atoms with Crippen molar-refractivity contribution < 1.29 is 23.9 Å².